The van der Waals surface area contributed by atoms with Gasteiger partial charge in [0.05, 0.1) is 0 Å². The van der Waals surface area contributed by atoms with Crippen molar-refractivity contribution in [3.8, 4) is 0 Å². The van der Waals surface area contributed by atoms with Gasteiger partial charge in [-0.2, -0.15) is 12.6 Å². The number of piperazine rings is 1. The molecule has 1 aliphatic carbocycles. The Bertz CT molecular complexity index is 243. The maximum Gasteiger partial charge on any atom is 0.219 e. The molecule has 1 heterocycles. The van der Waals surface area contributed by atoms with Crippen molar-refractivity contribution in [3.63, 3.8) is 0 Å². The summed E-state index contributed by atoms with van der Waals surface area (Å²) >= 11 is 4.54. The number of rotatable bonds is 1. The standard InChI is InChI=1S/C12H22N2OS/c1-10(15)13-6-8-14(9-7-13)11-2-4-12(16)5-3-11/h11-12,16H,2-9H2,1H3/t11-,12-. The zero-order valence-electron chi connectivity index (χ0n) is 10.1. The molecule has 2 aliphatic rings. The molecule has 0 aromatic rings. The average molecular weight is 242 g/mol. The fraction of sp³-hybridized carbons (Fsp3) is 0.917. The summed E-state index contributed by atoms with van der Waals surface area (Å²) < 4.78 is 0. The molecule has 0 bridgehead atoms. The van der Waals surface area contributed by atoms with Gasteiger partial charge in [0.25, 0.3) is 0 Å². The van der Waals surface area contributed by atoms with Crippen molar-refractivity contribution in [2.75, 3.05) is 26.2 Å². The van der Waals surface area contributed by atoms with Gasteiger partial charge in [0.1, 0.15) is 0 Å². The zero-order chi connectivity index (χ0) is 11.5. The molecular weight excluding hydrogens is 220 g/mol. The number of hydrogen-bond donors (Lipinski definition) is 1. The SMILES string of the molecule is CC(=O)N1CCN([C@H]2CC[C@H](S)CC2)CC1. The summed E-state index contributed by atoms with van der Waals surface area (Å²) in [4.78, 5) is 15.7. The Labute approximate surface area is 104 Å². The summed E-state index contributed by atoms with van der Waals surface area (Å²) in [6.07, 6.45) is 5.07. The molecule has 0 atom stereocenters. The van der Waals surface area contributed by atoms with E-state index in [1.54, 1.807) is 6.92 Å². The largest absolute Gasteiger partial charge is 0.340 e. The van der Waals surface area contributed by atoms with Gasteiger partial charge in [0.15, 0.2) is 0 Å². The van der Waals surface area contributed by atoms with E-state index in [9.17, 15) is 4.79 Å². The Hall–Kier alpha value is -0.220. The van der Waals surface area contributed by atoms with Crippen molar-refractivity contribution in [1.82, 2.24) is 9.80 Å². The third-order valence-electron chi connectivity index (χ3n) is 3.94. The molecule has 3 nitrogen and oxygen atoms in total. The predicted molar refractivity (Wildman–Crippen MR) is 68.9 cm³/mol. The van der Waals surface area contributed by atoms with Crippen LogP contribution < -0.4 is 0 Å². The second-order valence-electron chi connectivity index (χ2n) is 5.00. The first-order valence-electron chi connectivity index (χ1n) is 6.34. The van der Waals surface area contributed by atoms with Crippen molar-refractivity contribution < 1.29 is 4.79 Å². The molecule has 1 aliphatic heterocycles. The highest BCUT2D eigenvalue weighted by Gasteiger charge is 2.27. The summed E-state index contributed by atoms with van der Waals surface area (Å²) in [7, 11) is 0. The summed E-state index contributed by atoms with van der Waals surface area (Å²) in [5, 5.41) is 0.620. The Morgan fingerprint density at radius 2 is 1.62 bits per heavy atom. The predicted octanol–water partition coefficient (Wildman–Crippen LogP) is 1.39. The first-order chi connectivity index (χ1) is 7.66. The minimum absolute atomic E-state index is 0.221. The first-order valence-corrected chi connectivity index (χ1v) is 6.86. The second kappa shape index (κ2) is 5.41. The van der Waals surface area contributed by atoms with Gasteiger partial charge in [-0.05, 0) is 25.7 Å². The minimum Gasteiger partial charge on any atom is -0.340 e. The van der Waals surface area contributed by atoms with E-state index >= 15 is 0 Å². The number of amides is 1. The molecule has 92 valence electrons. The molecular formula is C12H22N2OS. The Kier molecular flexibility index (Phi) is 4.14. The van der Waals surface area contributed by atoms with Crippen LogP contribution in [0.4, 0.5) is 0 Å². The van der Waals surface area contributed by atoms with Crippen molar-refractivity contribution in [2.24, 2.45) is 0 Å². The number of thiol groups is 1. The van der Waals surface area contributed by atoms with Crippen molar-refractivity contribution in [3.05, 3.63) is 0 Å². The van der Waals surface area contributed by atoms with E-state index in [4.69, 9.17) is 0 Å². The van der Waals surface area contributed by atoms with Gasteiger partial charge >= 0.3 is 0 Å². The van der Waals surface area contributed by atoms with Crippen LogP contribution in [0, 0.1) is 0 Å². The summed E-state index contributed by atoms with van der Waals surface area (Å²) in [6.45, 7) is 5.61. The van der Waals surface area contributed by atoms with Gasteiger partial charge < -0.3 is 4.90 Å². The van der Waals surface area contributed by atoms with Crippen LogP contribution in [0.5, 0.6) is 0 Å². The number of nitrogens with zero attached hydrogens (tertiary/aromatic N) is 2. The molecule has 0 N–H and O–H groups in total. The van der Waals surface area contributed by atoms with Crippen molar-refractivity contribution in [2.45, 2.75) is 43.9 Å². The molecule has 1 saturated heterocycles. The van der Waals surface area contributed by atoms with Crippen LogP contribution in [-0.2, 0) is 4.79 Å². The number of carbonyl (C=O) groups is 1. The molecule has 4 heteroatoms. The summed E-state index contributed by atoms with van der Waals surface area (Å²) in [5.41, 5.74) is 0. The highest BCUT2D eigenvalue weighted by atomic mass is 32.1. The third-order valence-corrected chi connectivity index (χ3v) is 4.46. The fourth-order valence-electron chi connectivity index (χ4n) is 2.83. The van der Waals surface area contributed by atoms with Gasteiger partial charge in [0, 0.05) is 44.4 Å². The average Bonchev–Trinajstić information content (AvgIpc) is 2.30. The van der Waals surface area contributed by atoms with Crippen molar-refractivity contribution >= 4 is 18.5 Å². The van der Waals surface area contributed by atoms with Crippen LogP contribution in [0.2, 0.25) is 0 Å². The Balaban J connectivity index is 1.78. The van der Waals surface area contributed by atoms with Crippen LogP contribution in [0.25, 0.3) is 0 Å². The van der Waals surface area contributed by atoms with Gasteiger partial charge in [0.2, 0.25) is 5.91 Å². The molecule has 16 heavy (non-hydrogen) atoms. The van der Waals surface area contributed by atoms with Gasteiger partial charge in [-0.3, -0.25) is 9.69 Å². The van der Waals surface area contributed by atoms with E-state index in [1.807, 2.05) is 4.90 Å². The van der Waals surface area contributed by atoms with Gasteiger partial charge in [-0.1, -0.05) is 0 Å². The van der Waals surface area contributed by atoms with Crippen LogP contribution in [0.3, 0.4) is 0 Å². The lowest BCUT2D eigenvalue weighted by Crippen LogP contribution is -2.52. The monoisotopic (exact) mass is 242 g/mol. The highest BCUT2D eigenvalue weighted by molar-refractivity contribution is 7.80. The minimum atomic E-state index is 0.221. The molecule has 0 aromatic heterocycles. The van der Waals surface area contributed by atoms with E-state index in [0.717, 1.165) is 32.2 Å². The quantitative estimate of drug-likeness (QED) is 0.703. The molecule has 0 unspecified atom stereocenters. The first kappa shape index (κ1) is 12.2. The van der Waals surface area contributed by atoms with Crippen LogP contribution in [0.15, 0.2) is 0 Å². The summed E-state index contributed by atoms with van der Waals surface area (Å²) in [6, 6.07) is 0.748. The lowest BCUT2D eigenvalue weighted by atomic mass is 9.93. The van der Waals surface area contributed by atoms with E-state index < -0.39 is 0 Å². The van der Waals surface area contributed by atoms with Gasteiger partial charge in [-0.25, -0.2) is 0 Å². The topological polar surface area (TPSA) is 23.6 Å². The van der Waals surface area contributed by atoms with E-state index in [0.29, 0.717) is 5.25 Å². The van der Waals surface area contributed by atoms with E-state index in [2.05, 4.69) is 17.5 Å². The van der Waals surface area contributed by atoms with Crippen molar-refractivity contribution in [1.29, 1.82) is 0 Å². The van der Waals surface area contributed by atoms with Crippen LogP contribution >= 0.6 is 12.6 Å². The molecule has 1 saturated carbocycles. The van der Waals surface area contributed by atoms with Crippen LogP contribution in [-0.4, -0.2) is 53.2 Å². The number of carbonyl (C=O) groups excluding carboxylic acids is 1. The fourth-order valence-corrected chi connectivity index (χ4v) is 3.12. The number of hydrogen-bond acceptors (Lipinski definition) is 3. The van der Waals surface area contributed by atoms with E-state index in [1.165, 1.54) is 25.7 Å². The Morgan fingerprint density at radius 1 is 1.06 bits per heavy atom. The Morgan fingerprint density at radius 3 is 2.12 bits per heavy atom. The molecule has 0 radical (unpaired) electrons. The zero-order valence-corrected chi connectivity index (χ0v) is 11.0. The lowest BCUT2D eigenvalue weighted by Gasteiger charge is -2.41. The molecule has 1 amide bonds. The molecule has 0 aromatic carbocycles. The maximum atomic E-state index is 11.2. The summed E-state index contributed by atoms with van der Waals surface area (Å²) in [5.74, 6) is 0.221. The normalized spacial score (nSPS) is 32.8. The third kappa shape index (κ3) is 2.92. The second-order valence-corrected chi connectivity index (χ2v) is 5.73. The van der Waals surface area contributed by atoms with Crippen LogP contribution in [0.1, 0.15) is 32.6 Å². The maximum absolute atomic E-state index is 11.2. The van der Waals surface area contributed by atoms with Gasteiger partial charge in [-0.15, -0.1) is 0 Å². The van der Waals surface area contributed by atoms with E-state index in [-0.39, 0.29) is 5.91 Å². The molecule has 2 rings (SSSR count). The molecule has 2 fully saturated rings. The highest BCUT2D eigenvalue weighted by Crippen LogP contribution is 2.26. The smallest absolute Gasteiger partial charge is 0.219 e. The lowest BCUT2D eigenvalue weighted by molar-refractivity contribution is -0.130. The molecule has 0 spiro atoms.